The zero-order valence-corrected chi connectivity index (χ0v) is 8.66. The number of hydrogen-bond acceptors (Lipinski definition) is 3. The molecule has 0 saturated carbocycles. The minimum atomic E-state index is 0.0810. The molecule has 0 aromatic carbocycles. The minimum Gasteiger partial charge on any atom is -0.350 e. The van der Waals surface area contributed by atoms with E-state index in [-0.39, 0.29) is 5.91 Å². The molecule has 1 aromatic rings. The number of rotatable bonds is 5. The second kappa shape index (κ2) is 5.36. The Bertz CT molecular complexity index is 295. The number of nitrogens with one attached hydrogen (secondary N) is 1. The van der Waals surface area contributed by atoms with Crippen molar-refractivity contribution in [1.29, 1.82) is 0 Å². The Morgan fingerprint density at radius 1 is 1.64 bits per heavy atom. The van der Waals surface area contributed by atoms with Crippen LogP contribution in [0.4, 0.5) is 0 Å². The fourth-order valence-electron chi connectivity index (χ4n) is 1.09. The molecule has 1 aromatic heterocycles. The lowest BCUT2D eigenvalue weighted by molar-refractivity contribution is -0.121. The monoisotopic (exact) mass is 196 g/mol. The normalized spacial score (nSPS) is 10.1. The fraction of sp³-hybridized carbons (Fsp3) is 0.667. The van der Waals surface area contributed by atoms with Crippen LogP contribution >= 0.6 is 0 Å². The van der Waals surface area contributed by atoms with Crippen molar-refractivity contribution in [2.24, 2.45) is 7.05 Å². The summed E-state index contributed by atoms with van der Waals surface area (Å²) in [6.07, 6.45) is 4.36. The molecule has 1 N–H and O–H groups in total. The molecule has 5 heteroatoms. The van der Waals surface area contributed by atoms with E-state index in [1.807, 2.05) is 0 Å². The molecule has 0 unspecified atom stereocenters. The van der Waals surface area contributed by atoms with Crippen LogP contribution in [-0.2, 0) is 18.4 Å². The summed E-state index contributed by atoms with van der Waals surface area (Å²) in [6.45, 7) is 2.53. The molecule has 0 atom stereocenters. The first-order valence-electron chi connectivity index (χ1n) is 4.84. The van der Waals surface area contributed by atoms with Crippen molar-refractivity contribution in [3.8, 4) is 0 Å². The van der Waals surface area contributed by atoms with Gasteiger partial charge in [-0.1, -0.05) is 18.6 Å². The number of carbonyl (C=O) groups is 1. The van der Waals surface area contributed by atoms with Crippen molar-refractivity contribution in [3.63, 3.8) is 0 Å². The van der Waals surface area contributed by atoms with Gasteiger partial charge in [0.25, 0.3) is 0 Å². The minimum absolute atomic E-state index is 0.0810. The van der Waals surface area contributed by atoms with Gasteiger partial charge in [-0.2, -0.15) is 0 Å². The number of amides is 1. The van der Waals surface area contributed by atoms with Crippen molar-refractivity contribution in [3.05, 3.63) is 11.9 Å². The maximum atomic E-state index is 11.2. The molecule has 78 valence electrons. The zero-order chi connectivity index (χ0) is 10.4. The van der Waals surface area contributed by atoms with Gasteiger partial charge < -0.3 is 5.32 Å². The molecule has 0 aliphatic rings. The van der Waals surface area contributed by atoms with Gasteiger partial charge in [-0.15, -0.1) is 5.10 Å². The topological polar surface area (TPSA) is 59.8 Å². The van der Waals surface area contributed by atoms with Crippen LogP contribution in [0, 0.1) is 0 Å². The molecule has 1 amide bonds. The summed E-state index contributed by atoms with van der Waals surface area (Å²) < 4.78 is 1.62. The molecule has 0 aliphatic heterocycles. The fourth-order valence-corrected chi connectivity index (χ4v) is 1.09. The quantitative estimate of drug-likeness (QED) is 0.751. The highest BCUT2D eigenvalue weighted by Crippen LogP contribution is 1.95. The predicted octanol–water partition coefficient (Wildman–Crippen LogP) is 0.621. The van der Waals surface area contributed by atoms with Crippen molar-refractivity contribution < 1.29 is 4.79 Å². The second-order valence-electron chi connectivity index (χ2n) is 3.26. The van der Waals surface area contributed by atoms with Gasteiger partial charge in [-0.05, 0) is 6.42 Å². The van der Waals surface area contributed by atoms with Gasteiger partial charge in [0, 0.05) is 19.7 Å². The summed E-state index contributed by atoms with van der Waals surface area (Å²) in [6, 6.07) is 0. The van der Waals surface area contributed by atoms with Crippen LogP contribution in [0.5, 0.6) is 0 Å². The molecular weight excluding hydrogens is 180 g/mol. The summed E-state index contributed by atoms with van der Waals surface area (Å²) >= 11 is 0. The van der Waals surface area contributed by atoms with Crippen LogP contribution in [0.1, 0.15) is 31.9 Å². The second-order valence-corrected chi connectivity index (χ2v) is 3.26. The predicted molar refractivity (Wildman–Crippen MR) is 52.4 cm³/mol. The van der Waals surface area contributed by atoms with Gasteiger partial charge in [-0.25, -0.2) is 0 Å². The highest BCUT2D eigenvalue weighted by atomic mass is 16.1. The van der Waals surface area contributed by atoms with E-state index in [2.05, 4.69) is 22.6 Å². The average Bonchev–Trinajstić information content (AvgIpc) is 2.58. The third-order valence-corrected chi connectivity index (χ3v) is 1.87. The molecule has 0 aliphatic carbocycles. The lowest BCUT2D eigenvalue weighted by Gasteiger charge is -2.00. The summed E-state index contributed by atoms with van der Waals surface area (Å²) in [5, 5.41) is 10.4. The summed E-state index contributed by atoms with van der Waals surface area (Å²) in [5.41, 5.74) is 0.789. The standard InChI is InChI=1S/C9H16N4O/c1-3-4-5-9(14)10-6-8-7-13(2)12-11-8/h7H,3-6H2,1-2H3,(H,10,14). The molecule has 0 spiro atoms. The molecule has 0 bridgehead atoms. The van der Waals surface area contributed by atoms with Gasteiger partial charge >= 0.3 is 0 Å². The van der Waals surface area contributed by atoms with Crippen molar-refractivity contribution in [2.45, 2.75) is 32.7 Å². The molecule has 0 radical (unpaired) electrons. The van der Waals surface area contributed by atoms with Crippen LogP contribution in [0.2, 0.25) is 0 Å². The Morgan fingerprint density at radius 2 is 2.43 bits per heavy atom. The highest BCUT2D eigenvalue weighted by Gasteiger charge is 2.02. The first-order valence-corrected chi connectivity index (χ1v) is 4.84. The highest BCUT2D eigenvalue weighted by molar-refractivity contribution is 5.75. The van der Waals surface area contributed by atoms with Gasteiger partial charge in [0.05, 0.1) is 6.54 Å². The summed E-state index contributed by atoms with van der Waals surface area (Å²) in [4.78, 5) is 11.2. The average molecular weight is 196 g/mol. The molecule has 14 heavy (non-hydrogen) atoms. The lowest BCUT2D eigenvalue weighted by Crippen LogP contribution is -2.22. The van der Waals surface area contributed by atoms with Crippen LogP contribution in [-0.4, -0.2) is 20.9 Å². The summed E-state index contributed by atoms with van der Waals surface area (Å²) in [5.74, 6) is 0.0810. The van der Waals surface area contributed by atoms with Crippen LogP contribution in [0.3, 0.4) is 0 Å². The van der Waals surface area contributed by atoms with E-state index in [1.54, 1.807) is 17.9 Å². The maximum absolute atomic E-state index is 11.2. The largest absolute Gasteiger partial charge is 0.350 e. The van der Waals surface area contributed by atoms with E-state index in [1.165, 1.54) is 0 Å². The van der Waals surface area contributed by atoms with E-state index in [0.29, 0.717) is 13.0 Å². The summed E-state index contributed by atoms with van der Waals surface area (Å²) in [7, 11) is 1.80. The lowest BCUT2D eigenvalue weighted by atomic mass is 10.2. The van der Waals surface area contributed by atoms with Gasteiger partial charge in [0.1, 0.15) is 5.69 Å². The molecule has 1 heterocycles. The van der Waals surface area contributed by atoms with E-state index in [9.17, 15) is 4.79 Å². The molecule has 0 fully saturated rings. The Hall–Kier alpha value is -1.39. The van der Waals surface area contributed by atoms with Crippen LogP contribution in [0.25, 0.3) is 0 Å². The number of nitrogens with zero attached hydrogens (tertiary/aromatic N) is 3. The smallest absolute Gasteiger partial charge is 0.220 e. The van der Waals surface area contributed by atoms with E-state index >= 15 is 0 Å². The molecule has 5 nitrogen and oxygen atoms in total. The first-order chi connectivity index (χ1) is 6.72. The maximum Gasteiger partial charge on any atom is 0.220 e. The Morgan fingerprint density at radius 3 is 3.00 bits per heavy atom. The Kier molecular flexibility index (Phi) is 4.10. The van der Waals surface area contributed by atoms with Crippen molar-refractivity contribution >= 4 is 5.91 Å². The Balaban J connectivity index is 2.23. The number of aromatic nitrogens is 3. The van der Waals surface area contributed by atoms with Gasteiger partial charge in [0.15, 0.2) is 0 Å². The SMILES string of the molecule is CCCCC(=O)NCc1cn(C)nn1. The Labute approximate surface area is 83.5 Å². The number of aryl methyl sites for hydroxylation is 1. The first kappa shape index (κ1) is 10.7. The van der Waals surface area contributed by atoms with E-state index < -0.39 is 0 Å². The third-order valence-electron chi connectivity index (χ3n) is 1.87. The van der Waals surface area contributed by atoms with Gasteiger partial charge in [-0.3, -0.25) is 9.48 Å². The van der Waals surface area contributed by atoms with Crippen LogP contribution < -0.4 is 5.32 Å². The van der Waals surface area contributed by atoms with Crippen molar-refractivity contribution in [1.82, 2.24) is 20.3 Å². The van der Waals surface area contributed by atoms with Crippen LogP contribution in [0.15, 0.2) is 6.20 Å². The van der Waals surface area contributed by atoms with Gasteiger partial charge in [0.2, 0.25) is 5.91 Å². The van der Waals surface area contributed by atoms with E-state index in [0.717, 1.165) is 18.5 Å². The third kappa shape index (κ3) is 3.55. The molecular formula is C9H16N4O. The number of carbonyl (C=O) groups excluding carboxylic acids is 1. The van der Waals surface area contributed by atoms with E-state index in [4.69, 9.17) is 0 Å². The van der Waals surface area contributed by atoms with Crippen molar-refractivity contribution in [2.75, 3.05) is 0 Å². The molecule has 1 rings (SSSR count). The number of unbranched alkanes of at least 4 members (excludes halogenated alkanes) is 1. The zero-order valence-electron chi connectivity index (χ0n) is 8.66. The number of hydrogen-bond donors (Lipinski definition) is 1. The molecule has 0 saturated heterocycles.